The van der Waals surface area contributed by atoms with Crippen LogP contribution in [0.1, 0.15) is 12.6 Å². The average Bonchev–Trinajstić information content (AvgIpc) is 2.74. The van der Waals surface area contributed by atoms with E-state index in [1.807, 2.05) is 13.2 Å². The quantitative estimate of drug-likeness (QED) is 0.778. The van der Waals surface area contributed by atoms with Crippen molar-refractivity contribution in [2.45, 2.75) is 25.5 Å². The number of ether oxygens (including phenoxy) is 1. The SMILES string of the molecule is CCNC(Cc1cn(C)nn1)C1CN(C)CCO1. The van der Waals surface area contributed by atoms with Gasteiger partial charge in [-0.3, -0.25) is 4.68 Å². The second-order valence-electron chi connectivity index (χ2n) is 4.92. The van der Waals surface area contributed by atoms with Gasteiger partial charge in [-0.2, -0.15) is 0 Å². The van der Waals surface area contributed by atoms with Gasteiger partial charge in [0.1, 0.15) is 0 Å². The maximum atomic E-state index is 5.88. The Morgan fingerprint density at radius 1 is 1.56 bits per heavy atom. The molecule has 0 aliphatic carbocycles. The zero-order valence-corrected chi connectivity index (χ0v) is 11.5. The zero-order chi connectivity index (χ0) is 13.0. The van der Waals surface area contributed by atoms with Gasteiger partial charge < -0.3 is 15.0 Å². The van der Waals surface area contributed by atoms with Gasteiger partial charge in [-0.1, -0.05) is 12.1 Å². The summed E-state index contributed by atoms with van der Waals surface area (Å²) in [6.07, 6.45) is 3.06. The number of nitrogens with zero attached hydrogens (tertiary/aromatic N) is 4. The highest BCUT2D eigenvalue weighted by molar-refractivity contribution is 4.98. The van der Waals surface area contributed by atoms with E-state index in [1.54, 1.807) is 4.68 Å². The summed E-state index contributed by atoms with van der Waals surface area (Å²) in [5, 5.41) is 11.6. The normalized spacial score (nSPS) is 23.2. The molecule has 2 heterocycles. The van der Waals surface area contributed by atoms with Crippen molar-refractivity contribution in [2.24, 2.45) is 7.05 Å². The number of hydrogen-bond donors (Lipinski definition) is 1. The van der Waals surface area contributed by atoms with Gasteiger partial charge in [0.2, 0.25) is 0 Å². The first-order valence-corrected chi connectivity index (χ1v) is 6.57. The average molecular weight is 253 g/mol. The highest BCUT2D eigenvalue weighted by Gasteiger charge is 2.27. The van der Waals surface area contributed by atoms with Crippen LogP contribution in [0.3, 0.4) is 0 Å². The Morgan fingerprint density at radius 2 is 2.39 bits per heavy atom. The molecule has 1 aliphatic rings. The molecule has 0 radical (unpaired) electrons. The monoisotopic (exact) mass is 253 g/mol. The smallest absolute Gasteiger partial charge is 0.0858 e. The lowest BCUT2D eigenvalue weighted by Gasteiger charge is -2.35. The van der Waals surface area contributed by atoms with E-state index in [0.717, 1.165) is 38.4 Å². The van der Waals surface area contributed by atoms with Crippen LogP contribution in [0.25, 0.3) is 0 Å². The van der Waals surface area contributed by atoms with Crippen LogP contribution in [0, 0.1) is 0 Å². The largest absolute Gasteiger partial charge is 0.374 e. The molecule has 102 valence electrons. The molecule has 1 fully saturated rings. The molecule has 1 aromatic heterocycles. The molecule has 6 heteroatoms. The lowest BCUT2D eigenvalue weighted by atomic mass is 10.0. The van der Waals surface area contributed by atoms with E-state index in [0.29, 0.717) is 6.04 Å². The molecule has 2 atom stereocenters. The van der Waals surface area contributed by atoms with Gasteiger partial charge in [0.05, 0.1) is 18.4 Å². The lowest BCUT2D eigenvalue weighted by molar-refractivity contribution is -0.0383. The van der Waals surface area contributed by atoms with E-state index < -0.39 is 0 Å². The molecule has 18 heavy (non-hydrogen) atoms. The minimum Gasteiger partial charge on any atom is -0.374 e. The molecule has 1 aromatic rings. The molecule has 0 bridgehead atoms. The van der Waals surface area contributed by atoms with Gasteiger partial charge in [0.25, 0.3) is 0 Å². The van der Waals surface area contributed by atoms with Crippen molar-refractivity contribution < 1.29 is 4.74 Å². The van der Waals surface area contributed by atoms with Gasteiger partial charge in [-0.15, -0.1) is 5.10 Å². The van der Waals surface area contributed by atoms with Crippen LogP contribution in [0.2, 0.25) is 0 Å². The molecule has 1 N–H and O–H groups in total. The second-order valence-corrected chi connectivity index (χ2v) is 4.92. The summed E-state index contributed by atoms with van der Waals surface area (Å²) in [7, 11) is 4.03. The first kappa shape index (κ1) is 13.5. The fraction of sp³-hybridized carbons (Fsp3) is 0.833. The van der Waals surface area contributed by atoms with Gasteiger partial charge >= 0.3 is 0 Å². The maximum Gasteiger partial charge on any atom is 0.0858 e. The van der Waals surface area contributed by atoms with Crippen LogP contribution in [0.4, 0.5) is 0 Å². The van der Waals surface area contributed by atoms with Crippen LogP contribution >= 0.6 is 0 Å². The number of hydrogen-bond acceptors (Lipinski definition) is 5. The summed E-state index contributed by atoms with van der Waals surface area (Å²) in [4.78, 5) is 2.31. The summed E-state index contributed by atoms with van der Waals surface area (Å²) in [6, 6.07) is 0.300. The Hall–Kier alpha value is -0.980. The number of nitrogens with one attached hydrogen (secondary N) is 1. The maximum absolute atomic E-state index is 5.88. The Balaban J connectivity index is 1.98. The number of aryl methyl sites for hydroxylation is 1. The fourth-order valence-electron chi connectivity index (χ4n) is 2.37. The van der Waals surface area contributed by atoms with Crippen molar-refractivity contribution in [1.29, 1.82) is 0 Å². The minimum absolute atomic E-state index is 0.228. The van der Waals surface area contributed by atoms with Crippen molar-refractivity contribution in [1.82, 2.24) is 25.2 Å². The Labute approximate surface area is 108 Å². The predicted octanol–water partition coefficient (Wildman–Crippen LogP) is -0.334. The van der Waals surface area contributed by atoms with E-state index in [1.165, 1.54) is 0 Å². The predicted molar refractivity (Wildman–Crippen MR) is 69.4 cm³/mol. The third kappa shape index (κ3) is 3.51. The van der Waals surface area contributed by atoms with E-state index in [2.05, 4.69) is 34.5 Å². The van der Waals surface area contributed by atoms with E-state index in [4.69, 9.17) is 4.74 Å². The highest BCUT2D eigenvalue weighted by atomic mass is 16.5. The molecular weight excluding hydrogens is 230 g/mol. The third-order valence-corrected chi connectivity index (χ3v) is 3.29. The molecule has 0 amide bonds. The Bertz CT molecular complexity index is 367. The molecule has 6 nitrogen and oxygen atoms in total. The van der Waals surface area contributed by atoms with E-state index >= 15 is 0 Å². The highest BCUT2D eigenvalue weighted by Crippen LogP contribution is 2.11. The van der Waals surface area contributed by atoms with Gasteiger partial charge in [0, 0.05) is 38.8 Å². The van der Waals surface area contributed by atoms with Gasteiger partial charge in [-0.05, 0) is 13.6 Å². The van der Waals surface area contributed by atoms with Crippen LogP contribution in [0.5, 0.6) is 0 Å². The molecule has 1 saturated heterocycles. The Morgan fingerprint density at radius 3 is 3.00 bits per heavy atom. The molecule has 0 saturated carbocycles. The minimum atomic E-state index is 0.228. The van der Waals surface area contributed by atoms with Crippen molar-refractivity contribution in [2.75, 3.05) is 33.3 Å². The fourth-order valence-corrected chi connectivity index (χ4v) is 2.37. The van der Waals surface area contributed by atoms with Crippen LogP contribution in [-0.4, -0.2) is 65.3 Å². The summed E-state index contributed by atoms with van der Waals surface area (Å²) >= 11 is 0. The Kier molecular flexibility index (Phi) is 4.68. The van der Waals surface area contributed by atoms with E-state index in [-0.39, 0.29) is 6.10 Å². The first-order chi connectivity index (χ1) is 8.69. The molecular formula is C12H23N5O. The van der Waals surface area contributed by atoms with Crippen molar-refractivity contribution in [3.8, 4) is 0 Å². The second kappa shape index (κ2) is 6.26. The van der Waals surface area contributed by atoms with Gasteiger partial charge in [-0.25, -0.2) is 0 Å². The van der Waals surface area contributed by atoms with Gasteiger partial charge in [0.15, 0.2) is 0 Å². The van der Waals surface area contributed by atoms with Crippen molar-refractivity contribution in [3.05, 3.63) is 11.9 Å². The zero-order valence-electron chi connectivity index (χ0n) is 11.5. The standard InChI is InChI=1S/C12H23N5O/c1-4-13-11(7-10-8-17(3)15-14-10)12-9-16(2)5-6-18-12/h8,11-13H,4-7,9H2,1-3H3. The number of aromatic nitrogens is 3. The summed E-state index contributed by atoms with van der Waals surface area (Å²) in [6.45, 7) is 5.85. The topological polar surface area (TPSA) is 55.2 Å². The lowest BCUT2D eigenvalue weighted by Crippen LogP contribution is -2.52. The van der Waals surface area contributed by atoms with Crippen LogP contribution < -0.4 is 5.32 Å². The summed E-state index contributed by atoms with van der Waals surface area (Å²) in [5.74, 6) is 0. The number of likely N-dealkylation sites (N-methyl/N-ethyl adjacent to an activating group) is 2. The molecule has 2 unspecified atom stereocenters. The number of morpholine rings is 1. The first-order valence-electron chi connectivity index (χ1n) is 6.57. The van der Waals surface area contributed by atoms with Crippen molar-refractivity contribution in [3.63, 3.8) is 0 Å². The third-order valence-electron chi connectivity index (χ3n) is 3.29. The molecule has 0 spiro atoms. The van der Waals surface area contributed by atoms with E-state index in [9.17, 15) is 0 Å². The number of rotatable bonds is 5. The molecule has 2 rings (SSSR count). The van der Waals surface area contributed by atoms with Crippen molar-refractivity contribution >= 4 is 0 Å². The summed E-state index contributed by atoms with van der Waals surface area (Å²) in [5.41, 5.74) is 1.01. The van der Waals surface area contributed by atoms with Crippen LogP contribution in [0.15, 0.2) is 6.20 Å². The van der Waals surface area contributed by atoms with Crippen LogP contribution in [-0.2, 0) is 18.2 Å². The molecule has 1 aliphatic heterocycles. The molecule has 0 aromatic carbocycles. The summed E-state index contributed by atoms with van der Waals surface area (Å²) < 4.78 is 7.63.